The summed E-state index contributed by atoms with van der Waals surface area (Å²) in [4.78, 5) is 0. The minimum Gasteiger partial charge on any atom is -0.376 e. The van der Waals surface area contributed by atoms with Crippen molar-refractivity contribution in [2.45, 2.75) is 13.0 Å². The zero-order valence-electron chi connectivity index (χ0n) is 9.75. The topological polar surface area (TPSA) is 12.0 Å². The summed E-state index contributed by atoms with van der Waals surface area (Å²) in [5.41, 5.74) is 0.963. The van der Waals surface area contributed by atoms with E-state index in [0.29, 0.717) is 5.02 Å². The molecule has 18 heavy (non-hydrogen) atoms. The van der Waals surface area contributed by atoms with Crippen molar-refractivity contribution >= 4 is 17.3 Å². The van der Waals surface area contributed by atoms with Crippen molar-refractivity contribution in [1.82, 2.24) is 0 Å². The third-order valence-electron chi connectivity index (χ3n) is 2.67. The monoisotopic (exact) mass is 267 g/mol. The van der Waals surface area contributed by atoms with E-state index in [1.165, 1.54) is 0 Å². The van der Waals surface area contributed by atoms with Gasteiger partial charge in [0, 0.05) is 5.02 Å². The maximum Gasteiger partial charge on any atom is 0.146 e. The van der Waals surface area contributed by atoms with Gasteiger partial charge in [-0.1, -0.05) is 29.8 Å². The first kappa shape index (κ1) is 12.8. The SMILES string of the molecule is CC(Nc1cc(F)ccc1F)c1ccccc1Cl. The molecule has 0 bridgehead atoms. The quantitative estimate of drug-likeness (QED) is 0.843. The van der Waals surface area contributed by atoms with Crippen LogP contribution < -0.4 is 5.32 Å². The highest BCUT2D eigenvalue weighted by Gasteiger charge is 2.11. The van der Waals surface area contributed by atoms with Crippen LogP contribution in [0.1, 0.15) is 18.5 Å². The largest absolute Gasteiger partial charge is 0.376 e. The first-order chi connectivity index (χ1) is 8.58. The maximum absolute atomic E-state index is 13.5. The van der Waals surface area contributed by atoms with E-state index >= 15 is 0 Å². The second kappa shape index (κ2) is 5.36. The van der Waals surface area contributed by atoms with Crippen LogP contribution in [-0.2, 0) is 0 Å². The molecule has 1 nitrogen and oxygen atoms in total. The zero-order valence-corrected chi connectivity index (χ0v) is 10.5. The number of rotatable bonds is 3. The Morgan fingerprint density at radius 1 is 1.11 bits per heavy atom. The molecule has 0 fully saturated rings. The molecule has 0 radical (unpaired) electrons. The maximum atomic E-state index is 13.5. The molecule has 1 atom stereocenters. The van der Waals surface area contributed by atoms with Gasteiger partial charge in [0.2, 0.25) is 0 Å². The van der Waals surface area contributed by atoms with E-state index in [1.807, 2.05) is 25.1 Å². The van der Waals surface area contributed by atoms with E-state index in [2.05, 4.69) is 5.32 Å². The van der Waals surface area contributed by atoms with Gasteiger partial charge in [0.05, 0.1) is 11.7 Å². The van der Waals surface area contributed by atoms with Crippen LogP contribution in [0.15, 0.2) is 42.5 Å². The normalized spacial score (nSPS) is 12.2. The number of hydrogen-bond donors (Lipinski definition) is 1. The second-order valence-electron chi connectivity index (χ2n) is 4.01. The number of nitrogens with one attached hydrogen (secondary N) is 1. The first-order valence-electron chi connectivity index (χ1n) is 5.54. The minimum absolute atomic E-state index is 0.127. The lowest BCUT2D eigenvalue weighted by Gasteiger charge is -2.17. The van der Waals surface area contributed by atoms with Crippen LogP contribution in [-0.4, -0.2) is 0 Å². The first-order valence-corrected chi connectivity index (χ1v) is 5.91. The van der Waals surface area contributed by atoms with Crippen molar-refractivity contribution in [3.05, 3.63) is 64.7 Å². The molecule has 0 aromatic heterocycles. The molecule has 1 unspecified atom stereocenters. The molecule has 0 aliphatic heterocycles. The summed E-state index contributed by atoms with van der Waals surface area (Å²) in [6.45, 7) is 1.84. The van der Waals surface area contributed by atoms with Crippen molar-refractivity contribution < 1.29 is 8.78 Å². The van der Waals surface area contributed by atoms with E-state index in [1.54, 1.807) is 6.07 Å². The molecule has 0 aliphatic rings. The fraction of sp³-hybridized carbons (Fsp3) is 0.143. The van der Waals surface area contributed by atoms with E-state index in [9.17, 15) is 8.78 Å². The lowest BCUT2D eigenvalue weighted by molar-refractivity contribution is 0.600. The standard InChI is InChI=1S/C14H12ClF2N/c1-9(11-4-2-3-5-12(11)15)18-14-8-10(16)6-7-13(14)17/h2-9,18H,1H3. The molecule has 0 heterocycles. The molecule has 0 amide bonds. The van der Waals surface area contributed by atoms with Gasteiger partial charge < -0.3 is 5.32 Å². The summed E-state index contributed by atoms with van der Waals surface area (Å²) in [6, 6.07) is 10.4. The van der Waals surface area contributed by atoms with Gasteiger partial charge in [-0.15, -0.1) is 0 Å². The molecule has 2 aromatic rings. The van der Waals surface area contributed by atoms with E-state index in [-0.39, 0.29) is 11.7 Å². The van der Waals surface area contributed by atoms with Crippen LogP contribution in [0.2, 0.25) is 5.02 Å². The highest BCUT2D eigenvalue weighted by Crippen LogP contribution is 2.27. The number of anilines is 1. The Hall–Kier alpha value is -1.61. The van der Waals surface area contributed by atoms with Gasteiger partial charge in [0.15, 0.2) is 0 Å². The Bertz CT molecular complexity index is 557. The Kier molecular flexibility index (Phi) is 3.82. The average Bonchev–Trinajstić information content (AvgIpc) is 2.34. The third kappa shape index (κ3) is 2.79. The van der Waals surface area contributed by atoms with E-state index in [0.717, 1.165) is 23.8 Å². The summed E-state index contributed by atoms with van der Waals surface area (Å²) >= 11 is 6.05. The molecule has 2 aromatic carbocycles. The van der Waals surface area contributed by atoms with Crippen LogP contribution in [0.3, 0.4) is 0 Å². The molecular formula is C14H12ClF2N. The Morgan fingerprint density at radius 3 is 2.56 bits per heavy atom. The van der Waals surface area contributed by atoms with Gasteiger partial charge in [-0.2, -0.15) is 0 Å². The summed E-state index contributed by atoms with van der Waals surface area (Å²) in [5, 5.41) is 3.50. The Labute approximate surface area is 109 Å². The lowest BCUT2D eigenvalue weighted by Crippen LogP contribution is -2.08. The van der Waals surface area contributed by atoms with Crippen molar-refractivity contribution in [2.75, 3.05) is 5.32 Å². The summed E-state index contributed by atoms with van der Waals surface area (Å²) in [6.07, 6.45) is 0. The molecular weight excluding hydrogens is 256 g/mol. The van der Waals surface area contributed by atoms with Crippen LogP contribution in [0.25, 0.3) is 0 Å². The fourth-order valence-electron chi connectivity index (χ4n) is 1.75. The molecule has 0 saturated heterocycles. The second-order valence-corrected chi connectivity index (χ2v) is 4.42. The van der Waals surface area contributed by atoms with Crippen molar-refractivity contribution in [3.63, 3.8) is 0 Å². The van der Waals surface area contributed by atoms with E-state index < -0.39 is 11.6 Å². The van der Waals surface area contributed by atoms with Gasteiger partial charge >= 0.3 is 0 Å². The molecule has 0 aliphatic carbocycles. The van der Waals surface area contributed by atoms with Gasteiger partial charge in [-0.3, -0.25) is 0 Å². The molecule has 0 spiro atoms. The van der Waals surface area contributed by atoms with Crippen molar-refractivity contribution in [3.8, 4) is 0 Å². The fourth-order valence-corrected chi connectivity index (χ4v) is 2.04. The van der Waals surface area contributed by atoms with E-state index in [4.69, 9.17) is 11.6 Å². The van der Waals surface area contributed by atoms with Gasteiger partial charge in [-0.05, 0) is 36.8 Å². The van der Waals surface area contributed by atoms with Crippen molar-refractivity contribution in [1.29, 1.82) is 0 Å². The van der Waals surface area contributed by atoms with Crippen LogP contribution in [0.4, 0.5) is 14.5 Å². The molecule has 94 valence electrons. The highest BCUT2D eigenvalue weighted by molar-refractivity contribution is 6.31. The highest BCUT2D eigenvalue weighted by atomic mass is 35.5. The zero-order chi connectivity index (χ0) is 13.1. The predicted octanol–water partition coefficient (Wildman–Crippen LogP) is 4.79. The summed E-state index contributed by atoms with van der Waals surface area (Å²) < 4.78 is 26.5. The van der Waals surface area contributed by atoms with Crippen LogP contribution >= 0.6 is 11.6 Å². The Balaban J connectivity index is 2.24. The predicted molar refractivity (Wildman–Crippen MR) is 69.8 cm³/mol. The van der Waals surface area contributed by atoms with Gasteiger partial charge in [0.25, 0.3) is 0 Å². The Morgan fingerprint density at radius 2 is 1.83 bits per heavy atom. The van der Waals surface area contributed by atoms with Crippen LogP contribution in [0.5, 0.6) is 0 Å². The smallest absolute Gasteiger partial charge is 0.146 e. The van der Waals surface area contributed by atoms with Crippen molar-refractivity contribution in [2.24, 2.45) is 0 Å². The summed E-state index contributed by atoms with van der Waals surface area (Å²) in [7, 11) is 0. The minimum atomic E-state index is -0.490. The average molecular weight is 268 g/mol. The lowest BCUT2D eigenvalue weighted by atomic mass is 10.1. The molecule has 0 saturated carbocycles. The van der Waals surface area contributed by atoms with Gasteiger partial charge in [-0.25, -0.2) is 8.78 Å². The summed E-state index contributed by atoms with van der Waals surface area (Å²) in [5.74, 6) is -0.972. The number of halogens is 3. The number of hydrogen-bond acceptors (Lipinski definition) is 1. The third-order valence-corrected chi connectivity index (χ3v) is 3.02. The van der Waals surface area contributed by atoms with Gasteiger partial charge in [0.1, 0.15) is 11.6 Å². The molecule has 4 heteroatoms. The van der Waals surface area contributed by atoms with Crippen LogP contribution in [0, 0.1) is 11.6 Å². The molecule has 1 N–H and O–H groups in total. The number of benzene rings is 2. The molecule has 2 rings (SSSR count).